The lowest BCUT2D eigenvalue weighted by Crippen LogP contribution is -2.21. The van der Waals surface area contributed by atoms with Gasteiger partial charge < -0.3 is 5.73 Å². The van der Waals surface area contributed by atoms with Gasteiger partial charge in [-0.2, -0.15) is 0 Å². The van der Waals surface area contributed by atoms with E-state index in [4.69, 9.17) is 17.3 Å². The van der Waals surface area contributed by atoms with E-state index in [-0.39, 0.29) is 6.04 Å². The van der Waals surface area contributed by atoms with E-state index in [0.717, 1.165) is 11.4 Å². The van der Waals surface area contributed by atoms with Crippen LogP contribution in [0.25, 0.3) is 0 Å². The van der Waals surface area contributed by atoms with Crippen LogP contribution in [0.1, 0.15) is 54.0 Å². The molecular formula is C13H18ClN. The van der Waals surface area contributed by atoms with Gasteiger partial charge in [0.15, 0.2) is 0 Å². The van der Waals surface area contributed by atoms with Gasteiger partial charge in [-0.3, -0.25) is 0 Å². The number of fused-ring (bicyclic) bond motifs is 1. The second-order valence-corrected chi connectivity index (χ2v) is 5.12. The van der Waals surface area contributed by atoms with Crippen LogP contribution in [0.5, 0.6) is 0 Å². The Balaban J connectivity index is 2.71. The van der Waals surface area contributed by atoms with Gasteiger partial charge in [0, 0.05) is 11.1 Å². The van der Waals surface area contributed by atoms with Crippen molar-refractivity contribution in [2.75, 3.05) is 0 Å². The van der Waals surface area contributed by atoms with E-state index in [2.05, 4.69) is 26.8 Å². The molecule has 2 atom stereocenters. The van der Waals surface area contributed by atoms with Gasteiger partial charge in [0.25, 0.3) is 0 Å². The van der Waals surface area contributed by atoms with E-state index >= 15 is 0 Å². The van der Waals surface area contributed by atoms with Crippen LogP contribution in [0.4, 0.5) is 0 Å². The molecule has 2 heteroatoms. The first-order chi connectivity index (χ1) is 7.02. The second kappa shape index (κ2) is 3.80. The van der Waals surface area contributed by atoms with E-state index in [1.54, 1.807) is 0 Å². The van der Waals surface area contributed by atoms with Gasteiger partial charge in [-0.1, -0.05) is 18.5 Å². The molecular weight excluding hydrogens is 206 g/mol. The Morgan fingerprint density at radius 1 is 1.27 bits per heavy atom. The van der Waals surface area contributed by atoms with Gasteiger partial charge in [0.1, 0.15) is 0 Å². The molecule has 0 aromatic heterocycles. The van der Waals surface area contributed by atoms with E-state index < -0.39 is 0 Å². The highest BCUT2D eigenvalue weighted by molar-refractivity contribution is 6.31. The summed E-state index contributed by atoms with van der Waals surface area (Å²) in [5, 5.41) is 0.857. The van der Waals surface area contributed by atoms with Crippen molar-refractivity contribution < 1.29 is 0 Å². The fourth-order valence-electron chi connectivity index (χ4n) is 2.77. The van der Waals surface area contributed by atoms with Crippen molar-refractivity contribution in [1.29, 1.82) is 0 Å². The summed E-state index contributed by atoms with van der Waals surface area (Å²) in [6.45, 7) is 6.50. The normalized spacial score (nSPS) is 25.1. The maximum atomic E-state index is 6.21. The Bertz CT molecular complexity index is 398. The molecule has 0 radical (unpaired) electrons. The van der Waals surface area contributed by atoms with Gasteiger partial charge in [-0.25, -0.2) is 0 Å². The van der Waals surface area contributed by atoms with Gasteiger partial charge in [0.2, 0.25) is 0 Å². The van der Waals surface area contributed by atoms with E-state index in [9.17, 15) is 0 Å². The van der Waals surface area contributed by atoms with Crippen LogP contribution in [-0.4, -0.2) is 0 Å². The zero-order chi connectivity index (χ0) is 11.2. The Morgan fingerprint density at radius 2 is 1.93 bits per heavy atom. The molecule has 2 rings (SSSR count). The van der Waals surface area contributed by atoms with Crippen molar-refractivity contribution in [1.82, 2.24) is 0 Å². The summed E-state index contributed by atoms with van der Waals surface area (Å²) in [7, 11) is 0. The van der Waals surface area contributed by atoms with Crippen molar-refractivity contribution in [3.05, 3.63) is 33.3 Å². The zero-order valence-corrected chi connectivity index (χ0v) is 10.4. The van der Waals surface area contributed by atoms with Crippen molar-refractivity contribution >= 4 is 11.6 Å². The highest BCUT2D eigenvalue weighted by Gasteiger charge is 2.26. The number of hydrogen-bond acceptors (Lipinski definition) is 1. The minimum absolute atomic E-state index is 0.175. The summed E-state index contributed by atoms with van der Waals surface area (Å²) in [6.07, 6.45) is 2.27. The third-order valence-electron chi connectivity index (χ3n) is 3.59. The van der Waals surface area contributed by atoms with Crippen molar-refractivity contribution in [2.45, 2.75) is 45.6 Å². The summed E-state index contributed by atoms with van der Waals surface area (Å²) < 4.78 is 0. The molecule has 0 aliphatic heterocycles. The Hall–Kier alpha value is -0.530. The zero-order valence-electron chi connectivity index (χ0n) is 9.60. The standard InChI is InChI=1S/C13H18ClN/c1-7-4-5-11(15)13-9(3)10(14)6-8(2)12(7)13/h6-7,11H,4-5,15H2,1-3H3/t7?,11-/m1/s1. The van der Waals surface area contributed by atoms with E-state index in [1.807, 2.05) is 0 Å². The summed E-state index contributed by atoms with van der Waals surface area (Å²) in [6, 6.07) is 2.25. The third kappa shape index (κ3) is 1.68. The molecule has 82 valence electrons. The molecule has 0 amide bonds. The van der Waals surface area contributed by atoms with Crippen LogP contribution in [0.2, 0.25) is 5.02 Å². The molecule has 0 spiro atoms. The molecule has 0 saturated heterocycles. The molecule has 0 saturated carbocycles. The minimum atomic E-state index is 0.175. The molecule has 0 fully saturated rings. The maximum Gasteiger partial charge on any atom is 0.0441 e. The van der Waals surface area contributed by atoms with Gasteiger partial charge in [-0.05, 0) is 60.9 Å². The summed E-state index contributed by atoms with van der Waals surface area (Å²) in [4.78, 5) is 0. The summed E-state index contributed by atoms with van der Waals surface area (Å²) >= 11 is 6.21. The highest BCUT2D eigenvalue weighted by Crippen LogP contribution is 2.41. The molecule has 2 N–H and O–H groups in total. The number of hydrogen-bond donors (Lipinski definition) is 1. The predicted molar refractivity (Wildman–Crippen MR) is 65.5 cm³/mol. The van der Waals surface area contributed by atoms with Crippen molar-refractivity contribution in [2.24, 2.45) is 5.73 Å². The predicted octanol–water partition coefficient (Wildman–Crippen LogP) is 3.85. The first kappa shape index (κ1) is 11.0. The maximum absolute atomic E-state index is 6.21. The number of nitrogens with two attached hydrogens (primary N) is 1. The topological polar surface area (TPSA) is 26.0 Å². The first-order valence-electron chi connectivity index (χ1n) is 5.57. The quantitative estimate of drug-likeness (QED) is 0.710. The van der Waals surface area contributed by atoms with Gasteiger partial charge in [-0.15, -0.1) is 0 Å². The Morgan fingerprint density at radius 3 is 2.60 bits per heavy atom. The molecule has 0 heterocycles. The molecule has 1 aromatic carbocycles. The molecule has 0 bridgehead atoms. The largest absolute Gasteiger partial charge is 0.324 e. The average Bonchev–Trinajstić information content (AvgIpc) is 2.18. The first-order valence-corrected chi connectivity index (χ1v) is 5.95. The summed E-state index contributed by atoms with van der Waals surface area (Å²) in [5.41, 5.74) is 11.4. The van der Waals surface area contributed by atoms with Crippen LogP contribution in [0.3, 0.4) is 0 Å². The number of aryl methyl sites for hydroxylation is 1. The minimum Gasteiger partial charge on any atom is -0.324 e. The van der Waals surface area contributed by atoms with Gasteiger partial charge >= 0.3 is 0 Å². The van der Waals surface area contributed by atoms with E-state index in [0.29, 0.717) is 5.92 Å². The van der Waals surface area contributed by atoms with Gasteiger partial charge in [0.05, 0.1) is 0 Å². The molecule has 1 aromatic rings. The molecule has 1 aliphatic rings. The van der Waals surface area contributed by atoms with Crippen molar-refractivity contribution in [3.8, 4) is 0 Å². The fourth-order valence-corrected chi connectivity index (χ4v) is 3.03. The fraction of sp³-hybridized carbons (Fsp3) is 0.538. The van der Waals surface area contributed by atoms with Crippen molar-refractivity contribution in [3.63, 3.8) is 0 Å². The monoisotopic (exact) mass is 223 g/mol. The number of rotatable bonds is 0. The van der Waals surface area contributed by atoms with E-state index in [1.165, 1.54) is 28.7 Å². The lowest BCUT2D eigenvalue weighted by Gasteiger charge is -2.31. The van der Waals surface area contributed by atoms with Crippen LogP contribution < -0.4 is 5.73 Å². The molecule has 1 unspecified atom stereocenters. The summed E-state index contributed by atoms with van der Waals surface area (Å²) in [5.74, 6) is 0.621. The Labute approximate surface area is 96.6 Å². The molecule has 15 heavy (non-hydrogen) atoms. The van der Waals surface area contributed by atoms with Crippen LogP contribution >= 0.6 is 11.6 Å². The number of halogens is 1. The Kier molecular flexibility index (Phi) is 2.78. The lowest BCUT2D eigenvalue weighted by molar-refractivity contribution is 0.509. The van der Waals surface area contributed by atoms with Crippen LogP contribution in [-0.2, 0) is 0 Å². The number of benzene rings is 1. The SMILES string of the molecule is Cc1cc(Cl)c(C)c2c1C(C)CC[C@H]2N. The smallest absolute Gasteiger partial charge is 0.0441 e. The van der Waals surface area contributed by atoms with Crippen LogP contribution in [0.15, 0.2) is 6.07 Å². The highest BCUT2D eigenvalue weighted by atomic mass is 35.5. The second-order valence-electron chi connectivity index (χ2n) is 4.71. The lowest BCUT2D eigenvalue weighted by atomic mass is 9.77. The average molecular weight is 224 g/mol. The molecule has 1 aliphatic carbocycles. The van der Waals surface area contributed by atoms with Crippen LogP contribution in [0, 0.1) is 13.8 Å². The third-order valence-corrected chi connectivity index (χ3v) is 3.99. The molecule has 1 nitrogen and oxygen atoms in total.